The van der Waals surface area contributed by atoms with Crippen LogP contribution in [0.4, 0.5) is 5.82 Å². The summed E-state index contributed by atoms with van der Waals surface area (Å²) >= 11 is 0. The molecule has 1 aromatic heterocycles. The first-order valence-corrected chi connectivity index (χ1v) is 13.5. The maximum absolute atomic E-state index is 13.7. The average Bonchev–Trinajstić information content (AvgIpc) is 3.31. The lowest BCUT2D eigenvalue weighted by Crippen LogP contribution is -2.70. The second-order valence-corrected chi connectivity index (χ2v) is 11.1. The highest BCUT2D eigenvalue weighted by Gasteiger charge is 2.68. The van der Waals surface area contributed by atoms with Gasteiger partial charge in [-0.3, -0.25) is 19.3 Å². The van der Waals surface area contributed by atoms with Gasteiger partial charge in [-0.15, -0.1) is 0 Å². The van der Waals surface area contributed by atoms with Crippen molar-refractivity contribution in [3.63, 3.8) is 0 Å². The number of ketones is 2. The van der Waals surface area contributed by atoms with Gasteiger partial charge >= 0.3 is 5.82 Å². The number of rotatable bonds is 5. The fourth-order valence-electron chi connectivity index (χ4n) is 6.55. The standard InChI is InChI=1S/C22H24N2O8.C6H9N3O3.H2O/c1-7-8-5-4-6-9(25)11(8)16(26)12-10(7)17(27)14-15(24(2)3)18(28)13(21(23)31)20(30)22(14,32)19(12)29;1-5-7-4-6(9(11)12)8(5)2-3-10;/h4-7,10,14-15,17,25-27,30,32H,1-3H3,(H2,23,31);4,10H,2-3H2,1H3;1H2/t7-,10+,14+,15-,17-,22-;;/m0../s1. The van der Waals surface area contributed by atoms with E-state index < -0.39 is 80.6 Å². The monoisotopic (exact) mass is 633 g/mol. The molecule has 10 N–H and O–H groups in total. The molecule has 3 aliphatic carbocycles. The number of carbonyl (C=O) groups excluding carboxylic acids is 3. The van der Waals surface area contributed by atoms with Crippen molar-refractivity contribution in [2.75, 3.05) is 20.7 Å². The summed E-state index contributed by atoms with van der Waals surface area (Å²) < 4.78 is 1.36. The number of aliphatic hydroxyl groups excluding tert-OH is 4. The van der Waals surface area contributed by atoms with Crippen molar-refractivity contribution in [2.45, 2.75) is 44.1 Å². The maximum atomic E-state index is 13.7. The molecule has 0 aliphatic heterocycles. The number of hydrogen-bond donors (Lipinski definition) is 7. The second-order valence-electron chi connectivity index (χ2n) is 11.1. The van der Waals surface area contributed by atoms with Gasteiger partial charge in [-0.25, -0.2) is 9.55 Å². The van der Waals surface area contributed by atoms with E-state index in [1.54, 1.807) is 26.0 Å². The average molecular weight is 634 g/mol. The van der Waals surface area contributed by atoms with Crippen molar-refractivity contribution in [1.82, 2.24) is 14.5 Å². The number of fused-ring (bicyclic) bond motifs is 3. The number of phenolic OH excluding ortho intramolecular Hbond substituents is 1. The minimum absolute atomic E-state index is 0. The number of aliphatic hydroxyl groups is 5. The van der Waals surface area contributed by atoms with Gasteiger partial charge in [-0.2, -0.15) is 0 Å². The molecule has 0 spiro atoms. The SMILES string of the molecule is C[C@H]1c2cccc(O)c2C(O)=C2C(=O)[C@]3(O)C(O)=C(C(N)=O)C(=O)[C@@H](N(C)C)[C@@H]3[C@@H](O)[C@@H]21.Cc1ncc([N+](=O)[O-])n1CCO.O. The van der Waals surface area contributed by atoms with E-state index in [-0.39, 0.29) is 35.8 Å². The van der Waals surface area contributed by atoms with E-state index in [4.69, 9.17) is 10.8 Å². The fourth-order valence-corrected chi connectivity index (χ4v) is 6.55. The molecule has 17 nitrogen and oxygen atoms in total. The zero-order valence-electron chi connectivity index (χ0n) is 24.7. The van der Waals surface area contributed by atoms with E-state index in [2.05, 4.69) is 4.98 Å². The van der Waals surface area contributed by atoms with Crippen LogP contribution in [0.15, 0.2) is 41.3 Å². The predicted molar refractivity (Wildman–Crippen MR) is 155 cm³/mol. The van der Waals surface area contributed by atoms with Crippen LogP contribution < -0.4 is 5.73 Å². The van der Waals surface area contributed by atoms with Gasteiger partial charge in [0.15, 0.2) is 17.2 Å². The molecule has 0 bridgehead atoms. The van der Waals surface area contributed by atoms with Gasteiger partial charge in [-0.05, 0) is 36.6 Å². The van der Waals surface area contributed by atoms with Crippen LogP contribution in [0.2, 0.25) is 0 Å². The molecule has 1 aromatic carbocycles. The van der Waals surface area contributed by atoms with Crippen LogP contribution in [0.1, 0.15) is 29.8 Å². The van der Waals surface area contributed by atoms with Gasteiger partial charge in [0.05, 0.1) is 30.2 Å². The third-order valence-corrected chi connectivity index (χ3v) is 8.54. The van der Waals surface area contributed by atoms with Crippen LogP contribution >= 0.6 is 0 Å². The van der Waals surface area contributed by atoms with Gasteiger partial charge in [-0.1, -0.05) is 19.1 Å². The number of amides is 1. The lowest BCUT2D eigenvalue weighted by atomic mass is 9.54. The Morgan fingerprint density at radius 1 is 1.22 bits per heavy atom. The summed E-state index contributed by atoms with van der Waals surface area (Å²) in [4.78, 5) is 53.6. The number of nitrogens with two attached hydrogens (primary N) is 1. The number of Topliss-reactive ketones (excluding diaryl/α,β-unsaturated/α-hetero) is 2. The Kier molecular flexibility index (Phi) is 9.57. The molecular formula is C28H35N5O12. The number of phenols is 1. The fraction of sp³-hybridized carbons (Fsp3) is 0.429. The molecule has 3 aliphatic rings. The molecule has 1 heterocycles. The van der Waals surface area contributed by atoms with Crippen molar-refractivity contribution in [3.8, 4) is 5.75 Å². The zero-order chi connectivity index (χ0) is 33.0. The van der Waals surface area contributed by atoms with E-state index in [0.717, 1.165) is 0 Å². The maximum Gasteiger partial charge on any atom is 0.342 e. The highest BCUT2D eigenvalue weighted by molar-refractivity contribution is 6.24. The zero-order valence-corrected chi connectivity index (χ0v) is 24.7. The topological polar surface area (TPSA) is 294 Å². The molecule has 0 radical (unpaired) electrons. The normalized spacial score (nSPS) is 27.2. The Morgan fingerprint density at radius 3 is 2.38 bits per heavy atom. The minimum Gasteiger partial charge on any atom is -0.508 e. The van der Waals surface area contributed by atoms with Crippen molar-refractivity contribution >= 4 is 29.1 Å². The third kappa shape index (κ3) is 5.13. The quantitative estimate of drug-likeness (QED) is 0.115. The lowest BCUT2D eigenvalue weighted by Gasteiger charge is -2.53. The number of benzene rings is 1. The molecule has 5 rings (SSSR count). The minimum atomic E-state index is -2.89. The highest BCUT2D eigenvalue weighted by atomic mass is 16.6. The summed E-state index contributed by atoms with van der Waals surface area (Å²) in [5, 5.41) is 73.9. The smallest absolute Gasteiger partial charge is 0.342 e. The van der Waals surface area contributed by atoms with Gasteiger partial charge in [0.25, 0.3) is 5.91 Å². The molecular weight excluding hydrogens is 598 g/mol. The van der Waals surface area contributed by atoms with Crippen LogP contribution in [-0.4, -0.2) is 111 Å². The van der Waals surface area contributed by atoms with Crippen molar-refractivity contribution < 1.29 is 55.4 Å². The number of primary amides is 1. The van der Waals surface area contributed by atoms with E-state index in [0.29, 0.717) is 11.4 Å². The Balaban J connectivity index is 0.000000359. The molecule has 0 saturated heterocycles. The summed E-state index contributed by atoms with van der Waals surface area (Å²) in [6.45, 7) is 3.42. The number of nitrogens with zero attached hydrogens (tertiary/aromatic N) is 4. The Hall–Kier alpha value is -4.68. The number of aromatic hydroxyl groups is 1. The van der Waals surface area contributed by atoms with Gasteiger partial charge in [0.1, 0.15) is 35.6 Å². The molecule has 244 valence electrons. The van der Waals surface area contributed by atoms with E-state index in [9.17, 15) is 50.0 Å². The van der Waals surface area contributed by atoms with E-state index in [1.165, 1.54) is 35.8 Å². The first kappa shape index (κ1) is 34.8. The lowest BCUT2D eigenvalue weighted by molar-refractivity contribution is -0.392. The van der Waals surface area contributed by atoms with Gasteiger partial charge in [0.2, 0.25) is 5.78 Å². The molecule has 6 atom stereocenters. The highest BCUT2D eigenvalue weighted by Crippen LogP contribution is 2.55. The van der Waals surface area contributed by atoms with Gasteiger partial charge in [0, 0.05) is 18.4 Å². The number of aromatic nitrogens is 2. The molecule has 1 amide bonds. The first-order valence-electron chi connectivity index (χ1n) is 13.5. The van der Waals surface area contributed by atoms with Crippen molar-refractivity contribution in [3.05, 3.63) is 68.4 Å². The van der Waals surface area contributed by atoms with Crippen LogP contribution in [0, 0.1) is 28.9 Å². The summed E-state index contributed by atoms with van der Waals surface area (Å²) in [5.41, 5.74) is 1.47. The Bertz CT molecular complexity index is 1630. The summed E-state index contributed by atoms with van der Waals surface area (Å²) in [7, 11) is 2.92. The molecule has 1 saturated carbocycles. The number of aryl methyl sites for hydroxylation is 1. The summed E-state index contributed by atoms with van der Waals surface area (Å²) in [6.07, 6.45) is -0.404. The molecule has 2 aromatic rings. The number of imidazole rings is 1. The Labute approximate surface area is 255 Å². The number of hydrogen-bond acceptors (Lipinski definition) is 13. The van der Waals surface area contributed by atoms with Crippen LogP contribution in [0.5, 0.6) is 5.75 Å². The largest absolute Gasteiger partial charge is 0.508 e. The van der Waals surface area contributed by atoms with E-state index in [1.807, 2.05) is 0 Å². The number of likely N-dealkylation sites (N-methyl/N-ethyl adjacent to an activating group) is 1. The molecule has 45 heavy (non-hydrogen) atoms. The summed E-state index contributed by atoms with van der Waals surface area (Å²) in [6, 6.07) is 3.13. The van der Waals surface area contributed by atoms with Crippen molar-refractivity contribution in [1.29, 1.82) is 0 Å². The van der Waals surface area contributed by atoms with Crippen LogP contribution in [0.3, 0.4) is 0 Å². The van der Waals surface area contributed by atoms with Crippen LogP contribution in [0.25, 0.3) is 5.76 Å². The van der Waals surface area contributed by atoms with Crippen molar-refractivity contribution in [2.24, 2.45) is 17.6 Å². The number of nitro groups is 1. The summed E-state index contributed by atoms with van der Waals surface area (Å²) in [5.74, 6) is -8.41. The first-order chi connectivity index (χ1) is 20.5. The molecule has 17 heteroatoms. The van der Waals surface area contributed by atoms with E-state index >= 15 is 0 Å². The second kappa shape index (κ2) is 12.4. The molecule has 0 unspecified atom stereocenters. The predicted octanol–water partition coefficient (Wildman–Crippen LogP) is -1.24. The third-order valence-electron chi connectivity index (χ3n) is 8.54. The van der Waals surface area contributed by atoms with Gasteiger partial charge < -0.3 is 52.0 Å². The van der Waals surface area contributed by atoms with Crippen LogP contribution in [-0.2, 0) is 20.9 Å². The number of carbonyl (C=O) groups is 3. The Morgan fingerprint density at radius 2 is 1.84 bits per heavy atom. The molecule has 1 fully saturated rings.